The number of aliphatic hydroxyl groups is 1. The number of rotatable bonds is 6. The first-order valence-corrected chi connectivity index (χ1v) is 6.00. The molecule has 1 rings (SSSR count). The van der Waals surface area contributed by atoms with Crippen molar-refractivity contribution in [1.29, 1.82) is 0 Å². The lowest BCUT2D eigenvalue weighted by atomic mass is 10.2. The molecule has 1 aromatic carbocycles. The van der Waals surface area contributed by atoms with Crippen molar-refractivity contribution in [2.75, 3.05) is 19.6 Å². The lowest BCUT2D eigenvalue weighted by Gasteiger charge is -2.08. The van der Waals surface area contributed by atoms with Gasteiger partial charge in [0.1, 0.15) is 5.82 Å². The highest BCUT2D eigenvalue weighted by Crippen LogP contribution is 2.14. The van der Waals surface area contributed by atoms with Crippen LogP contribution in [0.2, 0.25) is 5.02 Å². The Morgan fingerprint density at radius 1 is 1.50 bits per heavy atom. The number of carbonyl (C=O) groups is 1. The zero-order chi connectivity index (χ0) is 13.5. The topological polar surface area (TPSA) is 61.4 Å². The molecule has 0 aromatic heterocycles. The molecule has 4 nitrogen and oxygen atoms in total. The first-order chi connectivity index (χ1) is 8.50. The minimum absolute atomic E-state index is 0.0325. The van der Waals surface area contributed by atoms with Gasteiger partial charge in [-0.1, -0.05) is 11.6 Å². The molecule has 0 radical (unpaired) electrons. The van der Waals surface area contributed by atoms with E-state index in [1.807, 2.05) is 0 Å². The van der Waals surface area contributed by atoms with Crippen LogP contribution in [-0.2, 0) is 0 Å². The van der Waals surface area contributed by atoms with Crippen molar-refractivity contribution in [2.45, 2.75) is 13.0 Å². The van der Waals surface area contributed by atoms with Gasteiger partial charge in [0.05, 0.1) is 11.7 Å². The van der Waals surface area contributed by atoms with E-state index in [0.29, 0.717) is 19.6 Å². The quantitative estimate of drug-likeness (QED) is 0.683. The monoisotopic (exact) mass is 274 g/mol. The molecular weight excluding hydrogens is 259 g/mol. The SMILES string of the molecule is CC(O)CNCCNC(=O)c1ccc(Cl)cc1F. The van der Waals surface area contributed by atoms with Crippen LogP contribution in [0.1, 0.15) is 17.3 Å². The number of carbonyl (C=O) groups excluding carboxylic acids is 1. The summed E-state index contributed by atoms with van der Waals surface area (Å²) in [6.45, 7) is 2.97. The van der Waals surface area contributed by atoms with E-state index >= 15 is 0 Å². The van der Waals surface area contributed by atoms with Crippen LogP contribution in [0.25, 0.3) is 0 Å². The van der Waals surface area contributed by atoms with Gasteiger partial charge in [-0.2, -0.15) is 0 Å². The van der Waals surface area contributed by atoms with Crippen molar-refractivity contribution in [2.24, 2.45) is 0 Å². The van der Waals surface area contributed by atoms with Gasteiger partial charge in [-0.3, -0.25) is 4.79 Å². The van der Waals surface area contributed by atoms with Crippen molar-refractivity contribution in [3.05, 3.63) is 34.6 Å². The molecule has 0 fully saturated rings. The summed E-state index contributed by atoms with van der Waals surface area (Å²) in [4.78, 5) is 11.6. The number of hydrogen-bond donors (Lipinski definition) is 3. The molecule has 0 saturated carbocycles. The van der Waals surface area contributed by atoms with Crippen LogP contribution in [0.5, 0.6) is 0 Å². The summed E-state index contributed by atoms with van der Waals surface area (Å²) in [7, 11) is 0. The van der Waals surface area contributed by atoms with Crippen LogP contribution in [-0.4, -0.2) is 36.8 Å². The highest BCUT2D eigenvalue weighted by Gasteiger charge is 2.10. The Bertz CT molecular complexity index is 413. The van der Waals surface area contributed by atoms with Gasteiger partial charge in [0.25, 0.3) is 5.91 Å². The predicted molar refractivity (Wildman–Crippen MR) is 68.3 cm³/mol. The molecule has 1 aromatic rings. The third kappa shape index (κ3) is 5.00. The first-order valence-electron chi connectivity index (χ1n) is 5.62. The third-order valence-electron chi connectivity index (χ3n) is 2.20. The normalized spacial score (nSPS) is 12.2. The molecule has 100 valence electrons. The van der Waals surface area contributed by atoms with Gasteiger partial charge >= 0.3 is 0 Å². The van der Waals surface area contributed by atoms with Crippen LogP contribution >= 0.6 is 11.6 Å². The van der Waals surface area contributed by atoms with E-state index in [-0.39, 0.29) is 10.6 Å². The van der Waals surface area contributed by atoms with Gasteiger partial charge in [0.15, 0.2) is 0 Å². The molecule has 6 heteroatoms. The lowest BCUT2D eigenvalue weighted by molar-refractivity contribution is 0.0949. The van der Waals surface area contributed by atoms with E-state index in [9.17, 15) is 9.18 Å². The Kier molecular flexibility index (Phi) is 6.04. The first kappa shape index (κ1) is 14.9. The molecule has 1 atom stereocenters. The lowest BCUT2D eigenvalue weighted by Crippen LogP contribution is -2.34. The molecular formula is C12H16ClFN2O2. The molecule has 0 spiro atoms. The Morgan fingerprint density at radius 2 is 2.22 bits per heavy atom. The fourth-order valence-corrected chi connectivity index (χ4v) is 1.50. The maximum Gasteiger partial charge on any atom is 0.254 e. The van der Waals surface area contributed by atoms with Gasteiger partial charge in [0.2, 0.25) is 0 Å². The van der Waals surface area contributed by atoms with Crippen molar-refractivity contribution in [3.63, 3.8) is 0 Å². The number of hydrogen-bond acceptors (Lipinski definition) is 3. The van der Waals surface area contributed by atoms with Gasteiger partial charge in [-0.05, 0) is 25.1 Å². The Hall–Kier alpha value is -1.17. The molecule has 3 N–H and O–H groups in total. The predicted octanol–water partition coefficient (Wildman–Crippen LogP) is 1.18. The average molecular weight is 275 g/mol. The summed E-state index contributed by atoms with van der Waals surface area (Å²) >= 11 is 5.59. The number of halogens is 2. The van der Waals surface area contributed by atoms with Gasteiger partial charge in [0, 0.05) is 24.7 Å². The Morgan fingerprint density at radius 3 is 2.83 bits per heavy atom. The highest BCUT2D eigenvalue weighted by atomic mass is 35.5. The maximum atomic E-state index is 13.4. The molecule has 18 heavy (non-hydrogen) atoms. The van der Waals surface area contributed by atoms with E-state index < -0.39 is 17.8 Å². The molecule has 1 amide bonds. The summed E-state index contributed by atoms with van der Waals surface area (Å²) in [6.07, 6.45) is -0.436. The van der Waals surface area contributed by atoms with Crippen LogP contribution < -0.4 is 10.6 Å². The van der Waals surface area contributed by atoms with Crippen molar-refractivity contribution in [3.8, 4) is 0 Å². The average Bonchev–Trinajstić information content (AvgIpc) is 2.27. The van der Waals surface area contributed by atoms with Crippen LogP contribution in [0, 0.1) is 5.82 Å². The summed E-state index contributed by atoms with van der Waals surface area (Å²) in [5, 5.41) is 14.7. The van der Waals surface area contributed by atoms with E-state index in [0.717, 1.165) is 6.07 Å². The molecule has 1 unspecified atom stereocenters. The molecule has 0 aliphatic rings. The highest BCUT2D eigenvalue weighted by molar-refractivity contribution is 6.30. The molecule has 0 aliphatic heterocycles. The van der Waals surface area contributed by atoms with Gasteiger partial charge in [-0.25, -0.2) is 4.39 Å². The minimum atomic E-state index is -0.642. The van der Waals surface area contributed by atoms with Crippen LogP contribution in [0.3, 0.4) is 0 Å². The molecule has 0 bridgehead atoms. The van der Waals surface area contributed by atoms with E-state index in [1.165, 1.54) is 12.1 Å². The Balaban J connectivity index is 2.36. The van der Waals surface area contributed by atoms with E-state index in [2.05, 4.69) is 10.6 Å². The maximum absolute atomic E-state index is 13.4. The largest absolute Gasteiger partial charge is 0.392 e. The fourth-order valence-electron chi connectivity index (χ4n) is 1.34. The number of nitrogens with one attached hydrogen (secondary N) is 2. The summed E-state index contributed by atoms with van der Waals surface area (Å²) in [5.74, 6) is -1.13. The molecule has 0 heterocycles. The van der Waals surface area contributed by atoms with Crippen LogP contribution in [0.4, 0.5) is 4.39 Å². The standard InChI is InChI=1S/C12H16ClFN2O2/c1-8(17)7-15-4-5-16-12(18)10-3-2-9(13)6-11(10)14/h2-3,6,8,15,17H,4-5,7H2,1H3,(H,16,18). The number of aliphatic hydroxyl groups excluding tert-OH is 1. The molecule has 0 aliphatic carbocycles. The zero-order valence-corrected chi connectivity index (χ0v) is 10.8. The summed E-state index contributed by atoms with van der Waals surface area (Å²) in [5.41, 5.74) is -0.0325. The smallest absolute Gasteiger partial charge is 0.254 e. The van der Waals surface area contributed by atoms with Crippen LogP contribution in [0.15, 0.2) is 18.2 Å². The van der Waals surface area contributed by atoms with Gasteiger partial charge in [-0.15, -0.1) is 0 Å². The van der Waals surface area contributed by atoms with Crippen molar-refractivity contribution >= 4 is 17.5 Å². The number of benzene rings is 1. The van der Waals surface area contributed by atoms with Crippen molar-refractivity contribution < 1.29 is 14.3 Å². The van der Waals surface area contributed by atoms with E-state index in [1.54, 1.807) is 6.92 Å². The minimum Gasteiger partial charge on any atom is -0.392 e. The second-order valence-electron chi connectivity index (χ2n) is 3.93. The summed E-state index contributed by atoms with van der Waals surface area (Å²) in [6, 6.07) is 3.91. The van der Waals surface area contributed by atoms with Crippen molar-refractivity contribution in [1.82, 2.24) is 10.6 Å². The molecule has 0 saturated heterocycles. The Labute approximate surface area is 110 Å². The zero-order valence-electron chi connectivity index (χ0n) is 10.0. The number of amides is 1. The fraction of sp³-hybridized carbons (Fsp3) is 0.417. The second-order valence-corrected chi connectivity index (χ2v) is 4.37. The van der Waals surface area contributed by atoms with E-state index in [4.69, 9.17) is 16.7 Å². The third-order valence-corrected chi connectivity index (χ3v) is 2.44. The van der Waals surface area contributed by atoms with Gasteiger partial charge < -0.3 is 15.7 Å². The summed E-state index contributed by atoms with van der Waals surface area (Å²) < 4.78 is 13.4. The second kappa shape index (κ2) is 7.31.